The van der Waals surface area contributed by atoms with Crippen LogP contribution in [0.4, 0.5) is 11.4 Å². The summed E-state index contributed by atoms with van der Waals surface area (Å²) in [5.41, 5.74) is -1.42. The van der Waals surface area contributed by atoms with E-state index in [0.29, 0.717) is 5.69 Å². The van der Waals surface area contributed by atoms with Gasteiger partial charge >= 0.3 is 5.69 Å². The molecule has 18 heavy (non-hydrogen) atoms. The highest BCUT2D eigenvalue weighted by Crippen LogP contribution is 2.29. The van der Waals surface area contributed by atoms with Crippen molar-refractivity contribution in [3.63, 3.8) is 0 Å². The second kappa shape index (κ2) is 5.01. The van der Waals surface area contributed by atoms with Crippen LogP contribution in [0.1, 0.15) is 13.8 Å². The Hall–Kier alpha value is -2.15. The quantitative estimate of drug-likeness (QED) is 0.623. The molecule has 1 rings (SSSR count). The SMILES string of the molecule is COc1cc(NC(=O)C(C)(C)O)ccc1[N+](=O)[O-]. The van der Waals surface area contributed by atoms with Crippen LogP contribution in [0.2, 0.25) is 0 Å². The normalized spacial score (nSPS) is 10.9. The number of anilines is 1. The van der Waals surface area contributed by atoms with Crippen molar-refractivity contribution in [2.45, 2.75) is 19.4 Å². The molecule has 7 nitrogen and oxygen atoms in total. The zero-order valence-electron chi connectivity index (χ0n) is 10.3. The molecule has 1 aromatic carbocycles. The summed E-state index contributed by atoms with van der Waals surface area (Å²) in [7, 11) is 1.30. The van der Waals surface area contributed by atoms with Crippen LogP contribution < -0.4 is 10.1 Å². The minimum absolute atomic E-state index is 0.0357. The van der Waals surface area contributed by atoms with Crippen molar-refractivity contribution in [1.29, 1.82) is 0 Å². The standard InChI is InChI=1S/C11H14N2O5/c1-11(2,15)10(14)12-7-4-5-8(13(16)17)9(6-7)18-3/h4-6,15H,1-3H3,(H,12,14). The third-order valence-corrected chi connectivity index (χ3v) is 2.19. The molecule has 0 aliphatic heterocycles. The van der Waals surface area contributed by atoms with Crippen molar-refractivity contribution < 1.29 is 19.6 Å². The van der Waals surface area contributed by atoms with Gasteiger partial charge in [-0.3, -0.25) is 14.9 Å². The number of nitro benzene ring substituents is 1. The average molecular weight is 254 g/mol. The third kappa shape index (κ3) is 3.17. The van der Waals surface area contributed by atoms with Crippen molar-refractivity contribution in [3.8, 4) is 5.75 Å². The van der Waals surface area contributed by atoms with Gasteiger partial charge < -0.3 is 15.2 Å². The van der Waals surface area contributed by atoms with E-state index in [0.717, 1.165) is 0 Å². The van der Waals surface area contributed by atoms with Gasteiger partial charge in [0.05, 0.1) is 12.0 Å². The zero-order chi connectivity index (χ0) is 13.9. The highest BCUT2D eigenvalue weighted by molar-refractivity contribution is 5.96. The molecule has 0 bridgehead atoms. The summed E-state index contributed by atoms with van der Waals surface area (Å²) < 4.78 is 4.86. The number of nitrogens with zero attached hydrogens (tertiary/aromatic N) is 1. The van der Waals surface area contributed by atoms with E-state index in [9.17, 15) is 20.0 Å². The van der Waals surface area contributed by atoms with E-state index in [1.165, 1.54) is 39.2 Å². The lowest BCUT2D eigenvalue weighted by Gasteiger charge is -2.16. The maximum Gasteiger partial charge on any atom is 0.311 e. The number of methoxy groups -OCH3 is 1. The third-order valence-electron chi connectivity index (χ3n) is 2.19. The first kappa shape index (κ1) is 13.9. The second-order valence-electron chi connectivity index (χ2n) is 4.16. The van der Waals surface area contributed by atoms with Gasteiger partial charge in [-0.05, 0) is 19.9 Å². The van der Waals surface area contributed by atoms with Gasteiger partial charge in [0, 0.05) is 17.8 Å². The Morgan fingerprint density at radius 1 is 1.50 bits per heavy atom. The molecule has 0 saturated heterocycles. The minimum Gasteiger partial charge on any atom is -0.490 e. The summed E-state index contributed by atoms with van der Waals surface area (Å²) in [5, 5.41) is 22.6. The van der Waals surface area contributed by atoms with E-state index >= 15 is 0 Å². The Morgan fingerprint density at radius 2 is 2.11 bits per heavy atom. The number of hydrogen-bond acceptors (Lipinski definition) is 5. The fraction of sp³-hybridized carbons (Fsp3) is 0.364. The summed E-state index contributed by atoms with van der Waals surface area (Å²) in [6.07, 6.45) is 0. The number of rotatable bonds is 4. The van der Waals surface area contributed by atoms with E-state index < -0.39 is 16.4 Å². The van der Waals surface area contributed by atoms with Gasteiger partial charge in [-0.15, -0.1) is 0 Å². The molecule has 1 amide bonds. The van der Waals surface area contributed by atoms with Crippen molar-refractivity contribution in [2.24, 2.45) is 0 Å². The van der Waals surface area contributed by atoms with Crippen molar-refractivity contribution in [2.75, 3.05) is 12.4 Å². The average Bonchev–Trinajstić information content (AvgIpc) is 2.27. The van der Waals surface area contributed by atoms with E-state index in [-0.39, 0.29) is 11.4 Å². The Labute approximate surface area is 104 Å². The van der Waals surface area contributed by atoms with E-state index in [1.807, 2.05) is 0 Å². The van der Waals surface area contributed by atoms with Crippen LogP contribution in [0.3, 0.4) is 0 Å². The topological polar surface area (TPSA) is 102 Å². The number of nitrogens with one attached hydrogen (secondary N) is 1. The molecule has 0 unspecified atom stereocenters. The molecular formula is C11H14N2O5. The predicted molar refractivity (Wildman–Crippen MR) is 64.6 cm³/mol. The lowest BCUT2D eigenvalue weighted by Crippen LogP contribution is -2.36. The second-order valence-corrected chi connectivity index (χ2v) is 4.16. The summed E-state index contributed by atoms with van der Waals surface area (Å²) in [5.74, 6) is -0.577. The number of hydrogen-bond donors (Lipinski definition) is 2. The fourth-order valence-electron chi connectivity index (χ4n) is 1.19. The first-order chi connectivity index (χ1) is 8.25. The van der Waals surface area contributed by atoms with E-state index in [2.05, 4.69) is 5.32 Å². The van der Waals surface area contributed by atoms with Crippen LogP contribution in [0.25, 0.3) is 0 Å². The van der Waals surface area contributed by atoms with Crippen molar-refractivity contribution in [1.82, 2.24) is 0 Å². The molecule has 0 saturated carbocycles. The molecule has 0 spiro atoms. The number of nitro groups is 1. The van der Waals surface area contributed by atoms with Crippen molar-refractivity contribution >= 4 is 17.3 Å². The van der Waals surface area contributed by atoms with E-state index in [4.69, 9.17) is 4.74 Å². The first-order valence-corrected chi connectivity index (χ1v) is 5.12. The summed E-state index contributed by atoms with van der Waals surface area (Å²) in [6.45, 7) is 2.68. The first-order valence-electron chi connectivity index (χ1n) is 5.12. The Morgan fingerprint density at radius 3 is 2.56 bits per heavy atom. The summed E-state index contributed by atoms with van der Waals surface area (Å²) in [4.78, 5) is 21.6. The lowest BCUT2D eigenvalue weighted by atomic mass is 10.1. The molecule has 2 N–H and O–H groups in total. The molecule has 0 heterocycles. The van der Waals surface area contributed by atoms with Gasteiger partial charge in [-0.25, -0.2) is 0 Å². The molecule has 0 aliphatic carbocycles. The molecule has 0 fully saturated rings. The van der Waals surface area contributed by atoms with Crippen LogP contribution in [0, 0.1) is 10.1 Å². The fourth-order valence-corrected chi connectivity index (χ4v) is 1.19. The molecule has 0 aliphatic rings. The minimum atomic E-state index is -1.53. The smallest absolute Gasteiger partial charge is 0.311 e. The highest BCUT2D eigenvalue weighted by atomic mass is 16.6. The van der Waals surface area contributed by atoms with Crippen LogP contribution in [-0.2, 0) is 4.79 Å². The van der Waals surface area contributed by atoms with Gasteiger partial charge in [0.2, 0.25) is 0 Å². The van der Waals surface area contributed by atoms with Crippen LogP contribution in [-0.4, -0.2) is 28.6 Å². The molecule has 0 radical (unpaired) electrons. The maximum atomic E-state index is 11.5. The summed E-state index contributed by atoms with van der Waals surface area (Å²) in [6, 6.07) is 3.91. The van der Waals surface area contributed by atoms with E-state index in [1.54, 1.807) is 0 Å². The van der Waals surface area contributed by atoms with Crippen LogP contribution in [0.15, 0.2) is 18.2 Å². The molecule has 98 valence electrons. The number of carbonyl (C=O) groups excluding carboxylic acids is 1. The highest BCUT2D eigenvalue weighted by Gasteiger charge is 2.24. The maximum absolute atomic E-state index is 11.5. The number of aliphatic hydroxyl groups is 1. The Bertz CT molecular complexity index is 479. The predicted octanol–water partition coefficient (Wildman–Crippen LogP) is 1.31. The van der Waals surface area contributed by atoms with Crippen molar-refractivity contribution in [3.05, 3.63) is 28.3 Å². The van der Waals surface area contributed by atoms with Gasteiger partial charge in [0.1, 0.15) is 5.60 Å². The van der Waals surface area contributed by atoms with Gasteiger partial charge in [0.25, 0.3) is 5.91 Å². The Balaban J connectivity index is 3.00. The van der Waals surface area contributed by atoms with Gasteiger partial charge in [-0.2, -0.15) is 0 Å². The van der Waals surface area contributed by atoms with Gasteiger partial charge in [-0.1, -0.05) is 0 Å². The molecule has 0 aromatic heterocycles. The molecule has 1 aromatic rings. The number of benzene rings is 1. The molecule has 7 heteroatoms. The molecule has 0 atom stereocenters. The van der Waals surface area contributed by atoms with Crippen LogP contribution in [0.5, 0.6) is 5.75 Å². The Kier molecular flexibility index (Phi) is 3.87. The lowest BCUT2D eigenvalue weighted by molar-refractivity contribution is -0.385. The van der Waals surface area contributed by atoms with Gasteiger partial charge in [0.15, 0.2) is 5.75 Å². The molecular weight excluding hydrogens is 240 g/mol. The zero-order valence-corrected chi connectivity index (χ0v) is 10.3. The summed E-state index contributed by atoms with van der Waals surface area (Å²) >= 11 is 0. The number of carbonyl (C=O) groups is 1. The number of amides is 1. The van der Waals surface area contributed by atoms with Crippen LogP contribution >= 0.6 is 0 Å². The largest absolute Gasteiger partial charge is 0.490 e. The number of ether oxygens (including phenoxy) is 1. The monoisotopic (exact) mass is 254 g/mol.